The van der Waals surface area contributed by atoms with Crippen LogP contribution in [0, 0.1) is 0 Å². The lowest BCUT2D eigenvalue weighted by Gasteiger charge is -2.15. The normalized spacial score (nSPS) is 12.5. The Morgan fingerprint density at radius 1 is 1.35 bits per heavy atom. The summed E-state index contributed by atoms with van der Waals surface area (Å²) < 4.78 is 71.1. The third-order valence-electron chi connectivity index (χ3n) is 2.18. The summed E-state index contributed by atoms with van der Waals surface area (Å²) in [5, 5.41) is 1.59. The first kappa shape index (κ1) is 16.7. The number of alkyl halides is 4. The van der Waals surface area contributed by atoms with Crippen LogP contribution in [0.15, 0.2) is 29.2 Å². The predicted octanol–water partition coefficient (Wildman–Crippen LogP) is 2.24. The van der Waals surface area contributed by atoms with E-state index in [2.05, 4.69) is 0 Å². The fraction of sp³-hybridized carbons (Fsp3) is 0.300. The lowest BCUT2D eigenvalue weighted by molar-refractivity contribution is -0.123. The molecule has 1 N–H and O–H groups in total. The molecule has 10 heteroatoms. The molecule has 0 aliphatic carbocycles. The molecular formula is C10H8ClF4NO3S. The fourth-order valence-corrected chi connectivity index (χ4v) is 1.96. The zero-order valence-corrected chi connectivity index (χ0v) is 11.2. The highest BCUT2D eigenvalue weighted by atomic mass is 35.7. The minimum Gasteiger partial charge on any atom is -0.346 e. The van der Waals surface area contributed by atoms with Gasteiger partial charge in [-0.3, -0.25) is 4.79 Å². The third kappa shape index (κ3) is 4.34. The van der Waals surface area contributed by atoms with Gasteiger partial charge in [0.2, 0.25) is 0 Å². The Morgan fingerprint density at radius 2 is 1.95 bits per heavy atom. The monoisotopic (exact) mass is 333 g/mol. The van der Waals surface area contributed by atoms with Crippen LogP contribution in [0.25, 0.3) is 0 Å². The van der Waals surface area contributed by atoms with Gasteiger partial charge in [-0.1, -0.05) is 6.07 Å². The molecule has 0 fully saturated rings. The first-order chi connectivity index (χ1) is 9.04. The summed E-state index contributed by atoms with van der Waals surface area (Å²) in [6.07, 6.45) is -3.92. The number of hydrogen-bond acceptors (Lipinski definition) is 3. The number of halogens is 5. The first-order valence-electron chi connectivity index (χ1n) is 5.03. The van der Waals surface area contributed by atoms with E-state index in [1.54, 1.807) is 5.32 Å². The number of carbonyl (C=O) groups is 1. The van der Waals surface area contributed by atoms with Crippen molar-refractivity contribution in [1.29, 1.82) is 0 Å². The number of nitrogens with one attached hydrogen (secondary N) is 1. The lowest BCUT2D eigenvalue weighted by atomic mass is 10.2. The minimum atomic E-state index is -4.37. The molecule has 20 heavy (non-hydrogen) atoms. The molecule has 0 atom stereocenters. The molecule has 0 aliphatic rings. The maximum absolute atomic E-state index is 12.6. The van der Waals surface area contributed by atoms with Crippen molar-refractivity contribution in [2.24, 2.45) is 0 Å². The number of rotatable bonds is 5. The average molecular weight is 334 g/mol. The third-order valence-corrected chi connectivity index (χ3v) is 3.53. The molecule has 1 amide bonds. The zero-order valence-electron chi connectivity index (χ0n) is 9.62. The number of benzene rings is 1. The Kier molecular flexibility index (Phi) is 4.98. The van der Waals surface area contributed by atoms with E-state index in [0.29, 0.717) is 0 Å². The highest BCUT2D eigenvalue weighted by molar-refractivity contribution is 8.13. The summed E-state index contributed by atoms with van der Waals surface area (Å²) >= 11 is 0. The average Bonchev–Trinajstić information content (AvgIpc) is 2.35. The van der Waals surface area contributed by atoms with Crippen LogP contribution in [0.2, 0.25) is 0 Å². The molecule has 4 nitrogen and oxygen atoms in total. The van der Waals surface area contributed by atoms with E-state index in [-0.39, 0.29) is 5.56 Å². The molecule has 0 bridgehead atoms. The molecule has 0 aliphatic heterocycles. The quantitative estimate of drug-likeness (QED) is 0.664. The van der Waals surface area contributed by atoms with Crippen LogP contribution < -0.4 is 5.32 Å². The van der Waals surface area contributed by atoms with Gasteiger partial charge in [-0.15, -0.1) is 0 Å². The van der Waals surface area contributed by atoms with Gasteiger partial charge in [0.15, 0.2) is 0 Å². The Balaban J connectivity index is 2.84. The van der Waals surface area contributed by atoms with E-state index in [0.717, 1.165) is 24.3 Å². The Bertz CT molecular complexity index is 606. The van der Waals surface area contributed by atoms with E-state index >= 15 is 0 Å². The maximum Gasteiger partial charge on any atom is 0.324 e. The summed E-state index contributed by atoms with van der Waals surface area (Å²) in [6.45, 7) is -1.57. The van der Waals surface area contributed by atoms with Crippen molar-refractivity contribution in [2.45, 2.75) is 17.2 Å². The van der Waals surface area contributed by atoms with Gasteiger partial charge in [-0.25, -0.2) is 17.2 Å². The topological polar surface area (TPSA) is 63.2 Å². The second kappa shape index (κ2) is 5.96. The standard InChI is InChI=1S/C10H8ClF4NO3S/c11-20(18,19)7-3-1-2-6(4-7)8(17)16-5-10(14,15)9(12)13/h1-4,9H,5H2,(H,16,17). The van der Waals surface area contributed by atoms with E-state index < -0.39 is 38.7 Å². The number of hydrogen-bond donors (Lipinski definition) is 1. The van der Waals surface area contributed by atoms with E-state index in [1.165, 1.54) is 0 Å². The predicted molar refractivity (Wildman–Crippen MR) is 62.8 cm³/mol. The molecule has 0 aromatic heterocycles. The van der Waals surface area contributed by atoms with Gasteiger partial charge >= 0.3 is 12.3 Å². The van der Waals surface area contributed by atoms with Crippen LogP contribution in [0.4, 0.5) is 17.6 Å². The van der Waals surface area contributed by atoms with Gasteiger partial charge in [0, 0.05) is 16.2 Å². The van der Waals surface area contributed by atoms with E-state index in [1.807, 2.05) is 0 Å². The summed E-state index contributed by atoms with van der Waals surface area (Å²) in [5.41, 5.74) is -0.295. The van der Waals surface area contributed by atoms with E-state index in [9.17, 15) is 30.8 Å². The van der Waals surface area contributed by atoms with Crippen molar-refractivity contribution in [3.63, 3.8) is 0 Å². The Hall–Kier alpha value is -1.35. The van der Waals surface area contributed by atoms with Crippen LogP contribution in [0.3, 0.4) is 0 Å². The van der Waals surface area contributed by atoms with Crippen molar-refractivity contribution >= 4 is 25.6 Å². The van der Waals surface area contributed by atoms with Gasteiger partial charge in [-0.05, 0) is 18.2 Å². The Morgan fingerprint density at radius 3 is 2.45 bits per heavy atom. The second-order valence-electron chi connectivity index (χ2n) is 3.71. The molecule has 1 aromatic rings. The number of amides is 1. The van der Waals surface area contributed by atoms with Crippen LogP contribution in [-0.2, 0) is 9.05 Å². The molecule has 0 unspecified atom stereocenters. The van der Waals surface area contributed by atoms with Crippen molar-refractivity contribution in [3.05, 3.63) is 29.8 Å². The van der Waals surface area contributed by atoms with E-state index in [4.69, 9.17) is 10.7 Å². The zero-order chi connectivity index (χ0) is 15.6. The highest BCUT2D eigenvalue weighted by Crippen LogP contribution is 2.22. The SMILES string of the molecule is O=C(NCC(F)(F)C(F)F)c1cccc(S(=O)(=O)Cl)c1. The highest BCUT2D eigenvalue weighted by Gasteiger charge is 2.40. The molecule has 1 rings (SSSR count). The van der Waals surface area contributed by atoms with Crippen LogP contribution >= 0.6 is 10.7 Å². The van der Waals surface area contributed by atoms with Gasteiger partial charge in [-0.2, -0.15) is 8.78 Å². The molecule has 0 radical (unpaired) electrons. The fourth-order valence-electron chi connectivity index (χ4n) is 1.17. The van der Waals surface area contributed by atoms with Gasteiger partial charge in [0.05, 0.1) is 11.4 Å². The summed E-state index contributed by atoms with van der Waals surface area (Å²) in [7, 11) is 0.956. The first-order valence-corrected chi connectivity index (χ1v) is 7.34. The van der Waals surface area contributed by atoms with Crippen molar-refractivity contribution in [1.82, 2.24) is 5.32 Å². The summed E-state index contributed by atoms with van der Waals surface area (Å²) in [5.74, 6) is -5.49. The smallest absolute Gasteiger partial charge is 0.324 e. The van der Waals surface area contributed by atoms with Crippen molar-refractivity contribution in [2.75, 3.05) is 6.54 Å². The minimum absolute atomic E-state index is 0.295. The van der Waals surface area contributed by atoms with Crippen molar-refractivity contribution < 1.29 is 30.8 Å². The number of carbonyl (C=O) groups excluding carboxylic acids is 1. The molecule has 1 aromatic carbocycles. The van der Waals surface area contributed by atoms with Crippen LogP contribution in [0.1, 0.15) is 10.4 Å². The molecule has 112 valence electrons. The summed E-state index contributed by atoms with van der Waals surface area (Å²) in [6, 6.07) is 4.22. The molecule has 0 spiro atoms. The van der Waals surface area contributed by atoms with Gasteiger partial charge < -0.3 is 5.32 Å². The van der Waals surface area contributed by atoms with Crippen LogP contribution in [-0.4, -0.2) is 33.2 Å². The largest absolute Gasteiger partial charge is 0.346 e. The maximum atomic E-state index is 12.6. The van der Waals surface area contributed by atoms with Gasteiger partial charge in [0.1, 0.15) is 0 Å². The Labute approximate surface area is 116 Å². The second-order valence-corrected chi connectivity index (χ2v) is 6.28. The molecule has 0 saturated heterocycles. The summed E-state index contributed by atoms with van der Waals surface area (Å²) in [4.78, 5) is 11.1. The van der Waals surface area contributed by atoms with Gasteiger partial charge in [0.25, 0.3) is 15.0 Å². The molecule has 0 saturated carbocycles. The van der Waals surface area contributed by atoms with Crippen LogP contribution in [0.5, 0.6) is 0 Å². The molecular weight excluding hydrogens is 326 g/mol. The van der Waals surface area contributed by atoms with Crippen molar-refractivity contribution in [3.8, 4) is 0 Å². The molecule has 0 heterocycles. The lowest BCUT2D eigenvalue weighted by Crippen LogP contribution is -2.41.